The van der Waals surface area contributed by atoms with Crippen molar-refractivity contribution in [3.63, 3.8) is 0 Å². The predicted octanol–water partition coefficient (Wildman–Crippen LogP) is 3.95. The van der Waals surface area contributed by atoms with Crippen LogP contribution in [0.4, 0.5) is 0 Å². The number of aryl methyl sites for hydroxylation is 2. The number of aromatic nitrogens is 3. The average molecular weight is 452 g/mol. The molecule has 4 rings (SSSR count). The number of rotatable bonds is 7. The predicted molar refractivity (Wildman–Crippen MR) is 123 cm³/mol. The number of nitrogens with zero attached hydrogens (tertiary/aromatic N) is 3. The van der Waals surface area contributed by atoms with E-state index >= 15 is 0 Å². The van der Waals surface area contributed by atoms with E-state index in [1.807, 2.05) is 49.5 Å². The molecule has 0 amide bonds. The summed E-state index contributed by atoms with van der Waals surface area (Å²) in [6.45, 7) is 1.98. The normalized spacial score (nSPS) is 12.1. The zero-order valence-electron chi connectivity index (χ0n) is 17.1. The van der Waals surface area contributed by atoms with Gasteiger partial charge in [-0.15, -0.1) is 11.3 Å². The molecule has 0 spiro atoms. The number of ketones is 1. The van der Waals surface area contributed by atoms with Crippen LogP contribution in [0.15, 0.2) is 76.9 Å². The second-order valence-corrected chi connectivity index (χ2v) is 9.66. The van der Waals surface area contributed by atoms with Crippen LogP contribution >= 0.6 is 11.3 Å². The minimum atomic E-state index is -1.30. The van der Waals surface area contributed by atoms with E-state index in [1.165, 1.54) is 17.4 Å². The van der Waals surface area contributed by atoms with Crippen molar-refractivity contribution >= 4 is 27.9 Å². The van der Waals surface area contributed by atoms with Crippen molar-refractivity contribution in [2.24, 2.45) is 0 Å². The lowest BCUT2D eigenvalue weighted by molar-refractivity contribution is 0.0986. The van der Waals surface area contributed by atoms with E-state index in [0.717, 1.165) is 26.8 Å². The number of carbonyl (C=O) groups excluding carboxylic acids is 1. The van der Waals surface area contributed by atoms with Crippen LogP contribution < -0.4 is 5.56 Å². The zero-order valence-corrected chi connectivity index (χ0v) is 18.8. The smallest absolute Gasteiger partial charge is 0.255 e. The lowest BCUT2D eigenvalue weighted by Crippen LogP contribution is -2.15. The van der Waals surface area contributed by atoms with Gasteiger partial charge in [0.25, 0.3) is 5.56 Å². The van der Waals surface area contributed by atoms with Crippen LogP contribution in [-0.2, 0) is 17.2 Å². The van der Waals surface area contributed by atoms with E-state index < -0.39 is 10.8 Å². The molecule has 158 valence electrons. The number of pyridine rings is 1. The first-order chi connectivity index (χ1) is 14.9. The number of Topliss-reactive ketones (excluding diaryl/α,β-unsaturated/α-hetero) is 1. The van der Waals surface area contributed by atoms with Crippen LogP contribution in [0.2, 0.25) is 0 Å². The SMILES string of the molecule is Cc1ccc(C(=O)CCc2cn(-c3ccc(-n4ccccc4=O)cc3)c(S(C)=O)n2)s1. The largest absolute Gasteiger partial charge is 0.293 e. The molecule has 0 saturated heterocycles. The van der Waals surface area contributed by atoms with Crippen molar-refractivity contribution in [3.8, 4) is 11.4 Å². The van der Waals surface area contributed by atoms with Crippen LogP contribution in [0.5, 0.6) is 0 Å². The summed E-state index contributed by atoms with van der Waals surface area (Å²) in [7, 11) is -1.30. The van der Waals surface area contributed by atoms with Gasteiger partial charge in [-0.1, -0.05) is 6.07 Å². The fraction of sp³-hybridized carbons (Fsp3) is 0.174. The third-order valence-corrected chi connectivity index (χ3v) is 6.68. The Morgan fingerprint density at radius 2 is 1.74 bits per heavy atom. The van der Waals surface area contributed by atoms with E-state index in [0.29, 0.717) is 18.0 Å². The highest BCUT2D eigenvalue weighted by molar-refractivity contribution is 7.84. The van der Waals surface area contributed by atoms with E-state index in [2.05, 4.69) is 4.98 Å². The van der Waals surface area contributed by atoms with Gasteiger partial charge in [-0.3, -0.25) is 22.9 Å². The lowest BCUT2D eigenvalue weighted by Gasteiger charge is -2.08. The first-order valence-corrected chi connectivity index (χ1v) is 12.1. The van der Waals surface area contributed by atoms with Crippen LogP contribution in [0.1, 0.15) is 26.7 Å². The van der Waals surface area contributed by atoms with Gasteiger partial charge in [0.15, 0.2) is 5.78 Å². The average Bonchev–Trinajstić information content (AvgIpc) is 3.39. The lowest BCUT2D eigenvalue weighted by atomic mass is 10.1. The summed E-state index contributed by atoms with van der Waals surface area (Å²) in [4.78, 5) is 30.8. The molecule has 0 bridgehead atoms. The summed E-state index contributed by atoms with van der Waals surface area (Å²) in [5, 5.41) is 0.430. The van der Waals surface area contributed by atoms with Crippen LogP contribution in [0.3, 0.4) is 0 Å². The Balaban J connectivity index is 1.57. The molecule has 4 aromatic rings. The van der Waals surface area contributed by atoms with Gasteiger partial charge in [0.2, 0.25) is 5.16 Å². The number of benzene rings is 1. The number of imidazole rings is 1. The van der Waals surface area contributed by atoms with E-state index in [9.17, 15) is 13.8 Å². The molecule has 0 aliphatic rings. The number of thiophene rings is 1. The van der Waals surface area contributed by atoms with Crippen LogP contribution in [-0.4, -0.2) is 30.4 Å². The zero-order chi connectivity index (χ0) is 22.0. The van der Waals surface area contributed by atoms with Crippen molar-refractivity contribution in [2.75, 3.05) is 6.26 Å². The monoisotopic (exact) mass is 451 g/mol. The molecule has 3 heterocycles. The number of hydrogen-bond donors (Lipinski definition) is 0. The minimum absolute atomic E-state index is 0.0875. The molecule has 0 fully saturated rings. The maximum Gasteiger partial charge on any atom is 0.255 e. The highest BCUT2D eigenvalue weighted by atomic mass is 32.2. The molecule has 0 radical (unpaired) electrons. The highest BCUT2D eigenvalue weighted by Crippen LogP contribution is 2.20. The molecule has 31 heavy (non-hydrogen) atoms. The summed E-state index contributed by atoms with van der Waals surface area (Å²) in [6, 6.07) is 16.2. The quantitative estimate of drug-likeness (QED) is 0.399. The summed E-state index contributed by atoms with van der Waals surface area (Å²) in [6.07, 6.45) is 5.95. The molecular weight excluding hydrogens is 430 g/mol. The molecule has 1 unspecified atom stereocenters. The van der Waals surface area contributed by atoms with Gasteiger partial charge in [0.05, 0.1) is 21.4 Å². The standard InChI is InChI=1S/C23H21N3O3S2/c1-16-6-13-21(30-16)20(27)12-7-17-15-26(23(24-17)31(2)29)19-10-8-18(9-11-19)25-14-4-3-5-22(25)28/h3-6,8-11,13-15H,7,12H2,1-2H3. The molecule has 0 aliphatic heterocycles. The molecule has 1 aromatic carbocycles. The van der Waals surface area contributed by atoms with Gasteiger partial charge >= 0.3 is 0 Å². The first kappa shape index (κ1) is 21.1. The van der Waals surface area contributed by atoms with E-state index in [-0.39, 0.29) is 11.3 Å². The summed E-state index contributed by atoms with van der Waals surface area (Å²) >= 11 is 1.49. The minimum Gasteiger partial charge on any atom is -0.293 e. The Hall–Kier alpha value is -3.10. The molecule has 8 heteroatoms. The number of carbonyl (C=O) groups is 1. The molecule has 3 aromatic heterocycles. The van der Waals surface area contributed by atoms with Crippen molar-refractivity contribution in [1.29, 1.82) is 0 Å². The Morgan fingerprint density at radius 1 is 1.03 bits per heavy atom. The topological polar surface area (TPSA) is 74.0 Å². The molecule has 1 atom stereocenters. The third kappa shape index (κ3) is 4.65. The Kier molecular flexibility index (Phi) is 6.11. The maximum atomic E-state index is 12.4. The molecule has 0 N–H and O–H groups in total. The Morgan fingerprint density at radius 3 is 2.35 bits per heavy atom. The molecule has 0 aliphatic carbocycles. The van der Waals surface area contributed by atoms with Crippen molar-refractivity contribution < 1.29 is 9.00 Å². The molecule has 6 nitrogen and oxygen atoms in total. The van der Waals surface area contributed by atoms with Crippen molar-refractivity contribution in [3.05, 3.63) is 92.8 Å². The summed E-state index contributed by atoms with van der Waals surface area (Å²) < 4.78 is 15.6. The van der Waals surface area contributed by atoms with Crippen molar-refractivity contribution in [2.45, 2.75) is 24.9 Å². The van der Waals surface area contributed by atoms with Crippen LogP contribution in [0.25, 0.3) is 11.4 Å². The van der Waals surface area contributed by atoms with Gasteiger partial charge in [0, 0.05) is 47.4 Å². The van der Waals surface area contributed by atoms with Gasteiger partial charge < -0.3 is 0 Å². The van der Waals surface area contributed by atoms with Gasteiger partial charge in [-0.2, -0.15) is 0 Å². The van der Waals surface area contributed by atoms with E-state index in [4.69, 9.17) is 0 Å². The summed E-state index contributed by atoms with van der Waals surface area (Å²) in [5.41, 5.74) is 2.14. The van der Waals surface area contributed by atoms with Gasteiger partial charge in [-0.25, -0.2) is 4.98 Å². The Labute approximate surface area is 186 Å². The van der Waals surface area contributed by atoms with Crippen molar-refractivity contribution in [1.82, 2.24) is 14.1 Å². The summed E-state index contributed by atoms with van der Waals surface area (Å²) in [5.74, 6) is 0.0875. The van der Waals surface area contributed by atoms with Crippen LogP contribution in [0, 0.1) is 6.92 Å². The number of hydrogen-bond acceptors (Lipinski definition) is 5. The Bertz CT molecular complexity index is 1320. The molecular formula is C23H21N3O3S2. The second-order valence-electron chi connectivity index (χ2n) is 7.10. The fourth-order valence-corrected chi connectivity index (χ4v) is 4.80. The third-order valence-electron chi connectivity index (χ3n) is 4.83. The first-order valence-electron chi connectivity index (χ1n) is 9.72. The maximum absolute atomic E-state index is 12.4. The second kappa shape index (κ2) is 8.95. The molecule has 0 saturated carbocycles. The fourth-order valence-electron chi connectivity index (χ4n) is 3.28. The van der Waals surface area contributed by atoms with Gasteiger partial charge in [-0.05, 0) is 55.8 Å². The van der Waals surface area contributed by atoms with Gasteiger partial charge in [0.1, 0.15) is 0 Å². The highest BCUT2D eigenvalue weighted by Gasteiger charge is 2.15. The van der Waals surface area contributed by atoms with E-state index in [1.54, 1.807) is 33.7 Å².